The molecule has 0 bridgehead atoms. The number of amides is 1. The highest BCUT2D eigenvalue weighted by atomic mass is 35.5. The second-order valence-electron chi connectivity index (χ2n) is 5.09. The fraction of sp³-hybridized carbons (Fsp3) is 0.538. The van der Waals surface area contributed by atoms with Gasteiger partial charge in [-0.15, -0.1) is 24.8 Å². The van der Waals surface area contributed by atoms with Crippen molar-refractivity contribution in [3.05, 3.63) is 24.4 Å². The van der Waals surface area contributed by atoms with Crippen molar-refractivity contribution in [2.24, 2.45) is 5.41 Å². The molecule has 2 saturated heterocycles. The maximum Gasteiger partial charge on any atom is 0.228 e. The van der Waals surface area contributed by atoms with Crippen LogP contribution in [0.15, 0.2) is 24.4 Å². The van der Waals surface area contributed by atoms with Crippen molar-refractivity contribution in [1.82, 2.24) is 10.3 Å². The number of anilines is 1. The predicted molar refractivity (Wildman–Crippen MR) is 80.2 cm³/mol. The molecule has 2 aliphatic heterocycles. The fourth-order valence-corrected chi connectivity index (χ4v) is 2.91. The number of aromatic nitrogens is 1. The largest absolute Gasteiger partial charge is 0.317 e. The van der Waals surface area contributed by atoms with Crippen LogP contribution in [0.5, 0.6) is 0 Å². The number of carbonyl (C=O) groups excluding carboxylic acids is 1. The predicted octanol–water partition coefficient (Wildman–Crippen LogP) is 2.03. The number of carbonyl (C=O) groups is 1. The van der Waals surface area contributed by atoms with E-state index in [4.69, 9.17) is 0 Å². The van der Waals surface area contributed by atoms with Crippen molar-refractivity contribution in [3.63, 3.8) is 0 Å². The maximum atomic E-state index is 12.1. The van der Waals surface area contributed by atoms with E-state index in [9.17, 15) is 4.79 Å². The number of piperidine rings is 1. The number of nitrogens with zero attached hydrogens (tertiary/aromatic N) is 2. The lowest BCUT2D eigenvalue weighted by molar-refractivity contribution is -0.118. The summed E-state index contributed by atoms with van der Waals surface area (Å²) in [4.78, 5) is 18.2. The first-order valence-electron chi connectivity index (χ1n) is 6.21. The van der Waals surface area contributed by atoms with E-state index in [0.29, 0.717) is 6.42 Å². The summed E-state index contributed by atoms with van der Waals surface area (Å²) in [6.45, 7) is 2.90. The lowest BCUT2D eigenvalue weighted by atomic mass is 9.78. The zero-order valence-electron chi connectivity index (χ0n) is 10.7. The zero-order valence-corrected chi connectivity index (χ0v) is 12.3. The van der Waals surface area contributed by atoms with E-state index in [2.05, 4.69) is 10.3 Å². The molecule has 1 N–H and O–H groups in total. The van der Waals surface area contributed by atoms with Crippen LogP contribution in [0.25, 0.3) is 0 Å². The van der Waals surface area contributed by atoms with Gasteiger partial charge in [0.1, 0.15) is 5.82 Å². The van der Waals surface area contributed by atoms with Crippen molar-refractivity contribution < 1.29 is 4.79 Å². The van der Waals surface area contributed by atoms with Gasteiger partial charge in [0.05, 0.1) is 0 Å². The number of rotatable bonds is 1. The molecule has 4 nitrogen and oxygen atoms in total. The number of pyridine rings is 1. The Hall–Kier alpha value is -0.840. The summed E-state index contributed by atoms with van der Waals surface area (Å²) in [5, 5.41) is 3.36. The SMILES string of the molecule is Cl.Cl.O=C1CC2(CCNCC2)CN1c1ccccn1. The van der Waals surface area contributed by atoms with Crippen LogP contribution in [0.2, 0.25) is 0 Å². The molecule has 0 saturated carbocycles. The molecule has 6 heteroatoms. The summed E-state index contributed by atoms with van der Waals surface area (Å²) >= 11 is 0. The number of nitrogens with one attached hydrogen (secondary N) is 1. The molecular formula is C13H19Cl2N3O. The average molecular weight is 304 g/mol. The Morgan fingerprint density at radius 3 is 2.58 bits per heavy atom. The molecule has 0 radical (unpaired) electrons. The molecule has 3 rings (SSSR count). The molecule has 1 amide bonds. The molecule has 0 aromatic carbocycles. The van der Waals surface area contributed by atoms with Gasteiger partial charge in [0.15, 0.2) is 0 Å². The van der Waals surface area contributed by atoms with Crippen LogP contribution >= 0.6 is 24.8 Å². The van der Waals surface area contributed by atoms with E-state index in [1.54, 1.807) is 6.20 Å². The Kier molecular flexibility index (Phi) is 5.59. The fourth-order valence-electron chi connectivity index (χ4n) is 2.91. The third kappa shape index (κ3) is 3.19. The van der Waals surface area contributed by atoms with Crippen LogP contribution in [-0.2, 0) is 4.79 Å². The highest BCUT2D eigenvalue weighted by Crippen LogP contribution is 2.40. The van der Waals surface area contributed by atoms with Gasteiger partial charge < -0.3 is 5.32 Å². The molecule has 0 atom stereocenters. The standard InChI is InChI=1S/C13H17N3O.2ClH/c17-12-9-13(4-7-14-8-5-13)10-16(12)11-3-1-2-6-15-11;;/h1-3,6,14H,4-5,7-10H2;2*1H. The van der Waals surface area contributed by atoms with Crippen LogP contribution in [0.4, 0.5) is 5.82 Å². The Morgan fingerprint density at radius 2 is 1.95 bits per heavy atom. The quantitative estimate of drug-likeness (QED) is 0.863. The smallest absolute Gasteiger partial charge is 0.228 e. The Morgan fingerprint density at radius 1 is 1.21 bits per heavy atom. The van der Waals surface area contributed by atoms with Crippen molar-refractivity contribution in [1.29, 1.82) is 0 Å². The Balaban J connectivity index is 0.000000902. The monoisotopic (exact) mass is 303 g/mol. The molecular weight excluding hydrogens is 285 g/mol. The normalized spacial score (nSPS) is 20.8. The van der Waals surface area contributed by atoms with Gasteiger partial charge in [0, 0.05) is 19.2 Å². The second kappa shape index (κ2) is 6.55. The van der Waals surface area contributed by atoms with Gasteiger partial charge in [-0.25, -0.2) is 4.98 Å². The molecule has 1 aromatic heterocycles. The average Bonchev–Trinajstić information content (AvgIpc) is 2.68. The molecule has 0 unspecified atom stereocenters. The van der Waals surface area contributed by atoms with Gasteiger partial charge in [0.25, 0.3) is 0 Å². The topological polar surface area (TPSA) is 45.2 Å². The molecule has 2 fully saturated rings. The minimum absolute atomic E-state index is 0. The third-order valence-electron chi connectivity index (χ3n) is 3.91. The summed E-state index contributed by atoms with van der Waals surface area (Å²) in [5.74, 6) is 1.03. The Labute approximate surface area is 125 Å². The van der Waals surface area contributed by atoms with E-state index in [0.717, 1.165) is 38.3 Å². The van der Waals surface area contributed by atoms with Crippen molar-refractivity contribution >= 4 is 36.5 Å². The zero-order chi connectivity index (χ0) is 11.7. The highest BCUT2D eigenvalue weighted by Gasteiger charge is 2.44. The maximum absolute atomic E-state index is 12.1. The molecule has 106 valence electrons. The third-order valence-corrected chi connectivity index (χ3v) is 3.91. The van der Waals surface area contributed by atoms with Crippen LogP contribution in [0.1, 0.15) is 19.3 Å². The highest BCUT2D eigenvalue weighted by molar-refractivity contribution is 5.95. The first-order valence-corrected chi connectivity index (χ1v) is 6.21. The van der Waals surface area contributed by atoms with Crippen molar-refractivity contribution in [2.45, 2.75) is 19.3 Å². The first kappa shape index (κ1) is 16.2. The van der Waals surface area contributed by atoms with Crippen molar-refractivity contribution in [2.75, 3.05) is 24.5 Å². The summed E-state index contributed by atoms with van der Waals surface area (Å²) < 4.78 is 0. The van der Waals surface area contributed by atoms with Crippen LogP contribution in [0.3, 0.4) is 0 Å². The van der Waals surface area contributed by atoms with Crippen LogP contribution in [0, 0.1) is 5.41 Å². The lowest BCUT2D eigenvalue weighted by Gasteiger charge is -2.32. The Bertz CT molecular complexity index is 421. The molecule has 1 spiro atoms. The molecule has 0 aliphatic carbocycles. The minimum atomic E-state index is 0. The minimum Gasteiger partial charge on any atom is -0.317 e. The number of hydrogen-bond donors (Lipinski definition) is 1. The van der Waals surface area contributed by atoms with Gasteiger partial charge in [-0.3, -0.25) is 9.69 Å². The van der Waals surface area contributed by atoms with Crippen LogP contribution in [-0.4, -0.2) is 30.5 Å². The van der Waals surface area contributed by atoms with Gasteiger partial charge in [-0.2, -0.15) is 0 Å². The molecule has 3 heterocycles. The molecule has 19 heavy (non-hydrogen) atoms. The number of hydrogen-bond acceptors (Lipinski definition) is 3. The van der Waals surface area contributed by atoms with Gasteiger partial charge >= 0.3 is 0 Å². The second-order valence-corrected chi connectivity index (χ2v) is 5.09. The summed E-state index contributed by atoms with van der Waals surface area (Å²) in [7, 11) is 0. The van der Waals surface area contributed by atoms with Gasteiger partial charge in [-0.1, -0.05) is 6.07 Å². The lowest BCUT2D eigenvalue weighted by Crippen LogP contribution is -2.38. The molecule has 2 aliphatic rings. The first-order chi connectivity index (χ1) is 8.29. The van der Waals surface area contributed by atoms with Crippen LogP contribution < -0.4 is 10.2 Å². The van der Waals surface area contributed by atoms with E-state index in [1.807, 2.05) is 23.1 Å². The van der Waals surface area contributed by atoms with E-state index >= 15 is 0 Å². The van der Waals surface area contributed by atoms with Gasteiger partial charge in [0.2, 0.25) is 5.91 Å². The summed E-state index contributed by atoms with van der Waals surface area (Å²) in [6, 6.07) is 5.73. The van der Waals surface area contributed by atoms with E-state index in [1.165, 1.54) is 0 Å². The summed E-state index contributed by atoms with van der Waals surface area (Å²) in [6.07, 6.45) is 4.63. The van der Waals surface area contributed by atoms with E-state index < -0.39 is 0 Å². The van der Waals surface area contributed by atoms with E-state index in [-0.39, 0.29) is 36.1 Å². The number of halogens is 2. The van der Waals surface area contributed by atoms with Crippen molar-refractivity contribution in [3.8, 4) is 0 Å². The summed E-state index contributed by atoms with van der Waals surface area (Å²) in [5.41, 5.74) is 0.194. The molecule has 1 aromatic rings. The van der Waals surface area contributed by atoms with Gasteiger partial charge in [-0.05, 0) is 43.5 Å².